The molecule has 7 rings (SSSR count). The number of ketones is 1. The fourth-order valence-corrected chi connectivity index (χ4v) is 7.79. The fraction of sp³-hybridized carbons (Fsp3) is 0.167. The monoisotopic (exact) mass is 647 g/mol. The van der Waals surface area contributed by atoms with Crippen molar-refractivity contribution in [3.05, 3.63) is 125 Å². The van der Waals surface area contributed by atoms with Gasteiger partial charge in [0.05, 0.1) is 11.6 Å². The van der Waals surface area contributed by atoms with Gasteiger partial charge in [0.1, 0.15) is 30.0 Å². The largest absolute Gasteiger partial charge is 0.507 e. The predicted molar refractivity (Wildman–Crippen MR) is 181 cm³/mol. The molecule has 5 aromatic rings. The van der Waals surface area contributed by atoms with E-state index in [2.05, 4.69) is 41.0 Å². The Kier molecular flexibility index (Phi) is 8.06. The fourth-order valence-electron chi connectivity index (χ4n) is 5.92. The second-order valence-corrected chi connectivity index (χ2v) is 13.3. The van der Waals surface area contributed by atoms with Crippen molar-refractivity contribution in [2.24, 2.45) is 0 Å². The number of rotatable bonds is 9. The lowest BCUT2D eigenvalue weighted by atomic mass is 9.94. The van der Waals surface area contributed by atoms with E-state index in [1.807, 2.05) is 31.2 Å². The third kappa shape index (κ3) is 5.54. The SMILES string of the molecule is C=CCOc1cccc([C@H]2/C(=C(\O)c3ccc4c(c3)C[C@@H](C)O4)C(=O)C(=O)N2c2nnc(SCc3cccc4ccccc34)s2)c1. The Labute approximate surface area is 274 Å². The lowest BCUT2D eigenvalue weighted by molar-refractivity contribution is -0.132. The minimum Gasteiger partial charge on any atom is -0.507 e. The van der Waals surface area contributed by atoms with Crippen LogP contribution in [0.5, 0.6) is 11.5 Å². The molecule has 2 atom stereocenters. The van der Waals surface area contributed by atoms with Crippen molar-refractivity contribution in [1.29, 1.82) is 0 Å². The number of Topliss-reactive ketones (excluding diaryl/α,β-unsaturated/α-hetero) is 1. The van der Waals surface area contributed by atoms with Crippen molar-refractivity contribution in [1.82, 2.24) is 10.2 Å². The summed E-state index contributed by atoms with van der Waals surface area (Å²) < 4.78 is 12.2. The van der Waals surface area contributed by atoms with Gasteiger partial charge in [-0.3, -0.25) is 14.5 Å². The molecule has 1 N–H and O–H groups in total. The van der Waals surface area contributed by atoms with Crippen molar-refractivity contribution in [2.75, 3.05) is 11.5 Å². The molecule has 4 aromatic carbocycles. The molecule has 2 aliphatic rings. The maximum Gasteiger partial charge on any atom is 0.301 e. The first-order valence-electron chi connectivity index (χ1n) is 14.8. The van der Waals surface area contributed by atoms with E-state index in [9.17, 15) is 14.7 Å². The van der Waals surface area contributed by atoms with Crippen LogP contribution in [0.15, 0.2) is 107 Å². The first kappa shape index (κ1) is 29.8. The number of aliphatic hydroxyl groups excluding tert-OH is 1. The number of carbonyl (C=O) groups is 2. The summed E-state index contributed by atoms with van der Waals surface area (Å²) in [5.74, 6) is 0.0853. The molecule has 230 valence electrons. The number of aromatic nitrogens is 2. The van der Waals surface area contributed by atoms with E-state index >= 15 is 0 Å². The zero-order chi connectivity index (χ0) is 31.8. The molecule has 0 spiro atoms. The molecule has 1 fully saturated rings. The van der Waals surface area contributed by atoms with Gasteiger partial charge in [-0.15, -0.1) is 10.2 Å². The molecule has 10 heteroatoms. The van der Waals surface area contributed by atoms with Gasteiger partial charge in [-0.1, -0.05) is 90.4 Å². The van der Waals surface area contributed by atoms with Crippen LogP contribution in [-0.2, 0) is 21.8 Å². The molecule has 1 amide bonds. The lowest BCUT2D eigenvalue weighted by Crippen LogP contribution is -2.29. The summed E-state index contributed by atoms with van der Waals surface area (Å²) >= 11 is 2.74. The van der Waals surface area contributed by atoms with E-state index in [1.54, 1.807) is 42.5 Å². The lowest BCUT2D eigenvalue weighted by Gasteiger charge is -2.23. The number of fused-ring (bicyclic) bond motifs is 2. The number of anilines is 1. The topological polar surface area (TPSA) is 102 Å². The van der Waals surface area contributed by atoms with Crippen LogP contribution >= 0.6 is 23.1 Å². The highest BCUT2D eigenvalue weighted by Crippen LogP contribution is 2.45. The van der Waals surface area contributed by atoms with Gasteiger partial charge in [-0.2, -0.15) is 0 Å². The maximum absolute atomic E-state index is 13.8. The van der Waals surface area contributed by atoms with E-state index in [1.165, 1.54) is 33.4 Å². The highest BCUT2D eigenvalue weighted by atomic mass is 32.2. The first-order chi connectivity index (χ1) is 22.4. The molecular formula is C36H29N3O5S2. The number of amides is 1. The Morgan fingerprint density at radius 2 is 1.91 bits per heavy atom. The molecule has 1 aromatic heterocycles. The summed E-state index contributed by atoms with van der Waals surface area (Å²) in [6, 6.07) is 25.9. The van der Waals surface area contributed by atoms with Crippen LogP contribution in [0.1, 0.15) is 35.2 Å². The van der Waals surface area contributed by atoms with Crippen LogP contribution in [0.4, 0.5) is 5.13 Å². The average molecular weight is 648 g/mol. The molecule has 0 unspecified atom stereocenters. The quantitative estimate of drug-likeness (QED) is 0.0438. The molecule has 1 saturated heterocycles. The summed E-state index contributed by atoms with van der Waals surface area (Å²) in [5.41, 5.74) is 3.07. The van der Waals surface area contributed by atoms with Gasteiger partial charge in [0.2, 0.25) is 5.13 Å². The highest BCUT2D eigenvalue weighted by Gasteiger charge is 2.48. The average Bonchev–Trinajstić information content (AvgIpc) is 3.77. The number of benzene rings is 4. The number of nitrogens with zero attached hydrogens (tertiary/aromatic N) is 3. The molecular weight excluding hydrogens is 619 g/mol. The summed E-state index contributed by atoms with van der Waals surface area (Å²) in [5, 5.41) is 23.0. The van der Waals surface area contributed by atoms with Gasteiger partial charge < -0.3 is 14.6 Å². The normalized spacial score (nSPS) is 18.5. The van der Waals surface area contributed by atoms with Gasteiger partial charge in [-0.25, -0.2) is 0 Å². The molecule has 0 bridgehead atoms. The maximum atomic E-state index is 13.8. The number of hydrogen-bond acceptors (Lipinski definition) is 9. The Bertz CT molecular complexity index is 2030. The van der Waals surface area contributed by atoms with E-state index in [-0.39, 0.29) is 29.2 Å². The second-order valence-electron chi connectivity index (χ2n) is 11.1. The van der Waals surface area contributed by atoms with Crippen LogP contribution in [0.2, 0.25) is 0 Å². The summed E-state index contributed by atoms with van der Waals surface area (Å²) in [6.07, 6.45) is 2.33. The van der Waals surface area contributed by atoms with Crippen molar-refractivity contribution in [3.63, 3.8) is 0 Å². The van der Waals surface area contributed by atoms with Crippen LogP contribution in [0.25, 0.3) is 16.5 Å². The van der Waals surface area contributed by atoms with Crippen molar-refractivity contribution >= 4 is 56.5 Å². The van der Waals surface area contributed by atoms with Crippen LogP contribution in [0, 0.1) is 0 Å². The molecule has 8 nitrogen and oxygen atoms in total. The summed E-state index contributed by atoms with van der Waals surface area (Å²) in [4.78, 5) is 28.8. The Morgan fingerprint density at radius 1 is 1.09 bits per heavy atom. The van der Waals surface area contributed by atoms with E-state index in [4.69, 9.17) is 9.47 Å². The van der Waals surface area contributed by atoms with Gasteiger partial charge in [0.25, 0.3) is 5.78 Å². The minimum atomic E-state index is -0.959. The van der Waals surface area contributed by atoms with E-state index in [0.29, 0.717) is 33.4 Å². The van der Waals surface area contributed by atoms with E-state index in [0.717, 1.165) is 22.3 Å². The van der Waals surface area contributed by atoms with Crippen LogP contribution in [0.3, 0.4) is 0 Å². The summed E-state index contributed by atoms with van der Waals surface area (Å²) in [7, 11) is 0. The van der Waals surface area contributed by atoms with Gasteiger partial charge in [0, 0.05) is 17.7 Å². The Hall–Kier alpha value is -4.93. The predicted octanol–water partition coefficient (Wildman–Crippen LogP) is 7.50. The Morgan fingerprint density at radius 3 is 2.78 bits per heavy atom. The van der Waals surface area contributed by atoms with E-state index < -0.39 is 17.7 Å². The second kappa shape index (κ2) is 12.5. The molecule has 2 aliphatic heterocycles. The molecule has 3 heterocycles. The Balaban J connectivity index is 1.26. The third-order valence-electron chi connectivity index (χ3n) is 7.99. The van der Waals surface area contributed by atoms with Gasteiger partial charge in [-0.05, 0) is 64.7 Å². The highest BCUT2D eigenvalue weighted by molar-refractivity contribution is 8.00. The molecule has 0 saturated carbocycles. The third-order valence-corrected chi connectivity index (χ3v) is 10.1. The zero-order valence-corrected chi connectivity index (χ0v) is 26.5. The standard InChI is InChI=1S/C36H29N3O5S2/c1-3-16-43-27-12-7-10-23(19-27)31-30(32(40)24-14-15-29-26(18-24)17-21(2)44-29)33(41)34(42)39(31)35-37-38-36(46-35)45-20-25-11-6-9-22-8-4-5-13-28(22)25/h3-15,18-19,21,31,40H,1,16-17,20H2,2H3/b32-30+/t21-,31+/m1/s1. The first-order valence-corrected chi connectivity index (χ1v) is 16.6. The molecule has 0 aliphatic carbocycles. The van der Waals surface area contributed by atoms with Crippen molar-refractivity contribution < 1.29 is 24.2 Å². The number of carbonyl (C=O) groups excluding carboxylic acids is 2. The number of ether oxygens (including phenoxy) is 2. The number of hydrogen-bond donors (Lipinski definition) is 1. The summed E-state index contributed by atoms with van der Waals surface area (Å²) in [6.45, 7) is 5.97. The minimum absolute atomic E-state index is 0.0152. The molecule has 0 radical (unpaired) electrons. The van der Waals surface area contributed by atoms with Crippen molar-refractivity contribution in [3.8, 4) is 11.5 Å². The van der Waals surface area contributed by atoms with Crippen LogP contribution < -0.4 is 14.4 Å². The zero-order valence-electron chi connectivity index (χ0n) is 24.9. The van der Waals surface area contributed by atoms with Crippen LogP contribution in [-0.4, -0.2) is 39.7 Å². The molecule has 46 heavy (non-hydrogen) atoms. The van der Waals surface area contributed by atoms with Gasteiger partial charge >= 0.3 is 5.91 Å². The number of aliphatic hydroxyl groups is 1. The van der Waals surface area contributed by atoms with Crippen molar-refractivity contribution in [2.45, 2.75) is 35.6 Å². The smallest absolute Gasteiger partial charge is 0.301 e. The van der Waals surface area contributed by atoms with Gasteiger partial charge in [0.15, 0.2) is 4.34 Å². The number of thioether (sulfide) groups is 1.